The topological polar surface area (TPSA) is 9.23 Å². The molecular formula is C18H22O. The molecule has 19 heavy (non-hydrogen) atoms. The van der Waals surface area contributed by atoms with Crippen LogP contribution < -0.4 is 0 Å². The summed E-state index contributed by atoms with van der Waals surface area (Å²) < 4.78 is 5.13. The molecule has 100 valence electrons. The molecule has 2 aromatic rings. The summed E-state index contributed by atoms with van der Waals surface area (Å²) in [5, 5.41) is 0. The Morgan fingerprint density at radius 1 is 0.789 bits per heavy atom. The third kappa shape index (κ3) is 3.93. The van der Waals surface area contributed by atoms with Gasteiger partial charge in [0.15, 0.2) is 0 Å². The Bertz CT molecular complexity index is 494. The number of rotatable bonds is 5. The fraction of sp³-hybridized carbons (Fsp3) is 0.333. The van der Waals surface area contributed by atoms with E-state index in [9.17, 15) is 0 Å². The first-order valence-corrected chi connectivity index (χ1v) is 6.86. The molecule has 0 saturated carbocycles. The first-order valence-electron chi connectivity index (χ1n) is 6.86. The average molecular weight is 254 g/mol. The molecule has 2 aromatic carbocycles. The van der Waals surface area contributed by atoms with Gasteiger partial charge < -0.3 is 4.74 Å². The number of benzene rings is 2. The fourth-order valence-electron chi connectivity index (χ4n) is 2.26. The zero-order valence-corrected chi connectivity index (χ0v) is 12.0. The molecule has 0 aromatic heterocycles. The molecule has 0 aliphatic rings. The maximum atomic E-state index is 5.13. The highest BCUT2D eigenvalue weighted by atomic mass is 16.5. The lowest BCUT2D eigenvalue weighted by Gasteiger charge is -2.07. The van der Waals surface area contributed by atoms with Crippen LogP contribution in [0.1, 0.15) is 25.0 Å². The number of hydrogen-bond donors (Lipinski definition) is 0. The van der Waals surface area contributed by atoms with Gasteiger partial charge in [-0.2, -0.15) is 0 Å². The third-order valence-electron chi connectivity index (χ3n) is 3.20. The molecule has 0 atom stereocenters. The Kier molecular flexibility index (Phi) is 4.75. The molecular weight excluding hydrogens is 232 g/mol. The van der Waals surface area contributed by atoms with Crippen molar-refractivity contribution in [3.05, 3.63) is 59.7 Å². The molecule has 0 unspecified atom stereocenters. The second kappa shape index (κ2) is 6.53. The van der Waals surface area contributed by atoms with Crippen molar-refractivity contribution < 1.29 is 4.74 Å². The van der Waals surface area contributed by atoms with Crippen molar-refractivity contribution in [1.29, 1.82) is 0 Å². The second-order valence-electron chi connectivity index (χ2n) is 5.42. The van der Waals surface area contributed by atoms with Gasteiger partial charge in [0, 0.05) is 7.11 Å². The predicted molar refractivity (Wildman–Crippen MR) is 81.1 cm³/mol. The number of hydrogen-bond acceptors (Lipinski definition) is 1. The van der Waals surface area contributed by atoms with Crippen LogP contribution in [0.15, 0.2) is 48.5 Å². The summed E-state index contributed by atoms with van der Waals surface area (Å²) in [5.41, 5.74) is 5.16. The molecule has 0 saturated heterocycles. The zero-order valence-electron chi connectivity index (χ0n) is 12.0. The summed E-state index contributed by atoms with van der Waals surface area (Å²) in [6, 6.07) is 17.5. The quantitative estimate of drug-likeness (QED) is 0.751. The highest BCUT2D eigenvalue weighted by Crippen LogP contribution is 2.21. The SMILES string of the molecule is COCc1ccc(-c2ccc(CC(C)C)cc2)cc1. The van der Waals surface area contributed by atoms with Gasteiger partial charge in [0.1, 0.15) is 0 Å². The molecule has 1 nitrogen and oxygen atoms in total. The Balaban J connectivity index is 2.13. The Morgan fingerprint density at radius 2 is 1.26 bits per heavy atom. The summed E-state index contributed by atoms with van der Waals surface area (Å²) in [7, 11) is 1.72. The Labute approximate surface area is 116 Å². The lowest BCUT2D eigenvalue weighted by atomic mass is 9.99. The second-order valence-corrected chi connectivity index (χ2v) is 5.42. The van der Waals surface area contributed by atoms with Crippen LogP contribution >= 0.6 is 0 Å². The van der Waals surface area contributed by atoms with E-state index < -0.39 is 0 Å². The van der Waals surface area contributed by atoms with Crippen LogP contribution in [-0.2, 0) is 17.8 Å². The summed E-state index contributed by atoms with van der Waals surface area (Å²) >= 11 is 0. The van der Waals surface area contributed by atoms with Gasteiger partial charge in [0.25, 0.3) is 0 Å². The van der Waals surface area contributed by atoms with E-state index in [2.05, 4.69) is 62.4 Å². The smallest absolute Gasteiger partial charge is 0.0713 e. The van der Waals surface area contributed by atoms with Gasteiger partial charge in [-0.15, -0.1) is 0 Å². The Hall–Kier alpha value is -1.60. The molecule has 0 bridgehead atoms. The molecule has 1 heteroatoms. The van der Waals surface area contributed by atoms with Crippen molar-refractivity contribution in [1.82, 2.24) is 0 Å². The van der Waals surface area contributed by atoms with Gasteiger partial charge >= 0.3 is 0 Å². The van der Waals surface area contributed by atoms with E-state index >= 15 is 0 Å². The van der Waals surface area contributed by atoms with E-state index in [0.29, 0.717) is 12.5 Å². The maximum absolute atomic E-state index is 5.13. The zero-order chi connectivity index (χ0) is 13.7. The van der Waals surface area contributed by atoms with Crippen LogP contribution in [0.2, 0.25) is 0 Å². The normalized spacial score (nSPS) is 10.9. The highest BCUT2D eigenvalue weighted by molar-refractivity contribution is 5.63. The van der Waals surface area contributed by atoms with Gasteiger partial charge in [0.2, 0.25) is 0 Å². The fourth-order valence-corrected chi connectivity index (χ4v) is 2.26. The minimum Gasteiger partial charge on any atom is -0.380 e. The molecule has 0 aliphatic heterocycles. The average Bonchev–Trinajstić information content (AvgIpc) is 2.40. The van der Waals surface area contributed by atoms with Crippen LogP contribution in [0.3, 0.4) is 0 Å². The van der Waals surface area contributed by atoms with Crippen LogP contribution in [0.4, 0.5) is 0 Å². The van der Waals surface area contributed by atoms with Crippen molar-refractivity contribution >= 4 is 0 Å². The lowest BCUT2D eigenvalue weighted by Crippen LogP contribution is -1.93. The standard InChI is InChI=1S/C18H22O/c1-14(2)12-15-4-8-17(9-5-15)18-10-6-16(7-11-18)13-19-3/h4-11,14H,12-13H2,1-3H3. The van der Waals surface area contributed by atoms with E-state index in [4.69, 9.17) is 4.74 Å². The molecule has 2 rings (SSSR count). The van der Waals surface area contributed by atoms with E-state index in [1.54, 1.807) is 7.11 Å². The molecule has 0 N–H and O–H groups in total. The monoisotopic (exact) mass is 254 g/mol. The molecule has 0 radical (unpaired) electrons. The largest absolute Gasteiger partial charge is 0.380 e. The summed E-state index contributed by atoms with van der Waals surface area (Å²) in [6.07, 6.45) is 1.15. The number of ether oxygens (including phenoxy) is 1. The highest BCUT2D eigenvalue weighted by Gasteiger charge is 2.01. The minimum absolute atomic E-state index is 0.674. The first-order chi connectivity index (χ1) is 9.19. The molecule has 0 spiro atoms. The first kappa shape index (κ1) is 13.8. The van der Waals surface area contributed by atoms with Crippen molar-refractivity contribution in [2.24, 2.45) is 5.92 Å². The minimum atomic E-state index is 0.674. The van der Waals surface area contributed by atoms with Gasteiger partial charge in [-0.3, -0.25) is 0 Å². The van der Waals surface area contributed by atoms with Gasteiger partial charge in [0.05, 0.1) is 6.61 Å². The summed E-state index contributed by atoms with van der Waals surface area (Å²) in [4.78, 5) is 0. The van der Waals surface area contributed by atoms with Crippen LogP contribution in [0, 0.1) is 5.92 Å². The van der Waals surface area contributed by atoms with Crippen LogP contribution in [0.25, 0.3) is 11.1 Å². The van der Waals surface area contributed by atoms with Gasteiger partial charge in [-0.05, 0) is 34.6 Å². The van der Waals surface area contributed by atoms with Crippen molar-refractivity contribution in [2.45, 2.75) is 26.9 Å². The van der Waals surface area contributed by atoms with Crippen molar-refractivity contribution in [3.63, 3.8) is 0 Å². The summed E-state index contributed by atoms with van der Waals surface area (Å²) in [6.45, 7) is 5.18. The van der Waals surface area contributed by atoms with Crippen molar-refractivity contribution in [2.75, 3.05) is 7.11 Å². The predicted octanol–water partition coefficient (Wildman–Crippen LogP) is 4.70. The molecule has 0 amide bonds. The maximum Gasteiger partial charge on any atom is 0.0713 e. The van der Waals surface area contributed by atoms with Gasteiger partial charge in [-0.25, -0.2) is 0 Å². The van der Waals surface area contributed by atoms with Gasteiger partial charge in [-0.1, -0.05) is 62.4 Å². The third-order valence-corrected chi connectivity index (χ3v) is 3.20. The summed E-state index contributed by atoms with van der Waals surface area (Å²) in [5.74, 6) is 0.708. The van der Waals surface area contributed by atoms with E-state index in [0.717, 1.165) is 6.42 Å². The Morgan fingerprint density at radius 3 is 1.68 bits per heavy atom. The van der Waals surface area contributed by atoms with E-state index in [-0.39, 0.29) is 0 Å². The lowest BCUT2D eigenvalue weighted by molar-refractivity contribution is 0.185. The molecule has 0 aliphatic carbocycles. The van der Waals surface area contributed by atoms with Crippen LogP contribution in [-0.4, -0.2) is 7.11 Å². The van der Waals surface area contributed by atoms with Crippen molar-refractivity contribution in [3.8, 4) is 11.1 Å². The number of methoxy groups -OCH3 is 1. The van der Waals surface area contributed by atoms with E-state index in [1.807, 2.05) is 0 Å². The van der Waals surface area contributed by atoms with E-state index in [1.165, 1.54) is 22.3 Å². The van der Waals surface area contributed by atoms with Crippen LogP contribution in [0.5, 0.6) is 0 Å². The molecule has 0 heterocycles. The molecule has 0 fully saturated rings.